The monoisotopic (exact) mass is 279 g/mol. The number of methoxy groups -OCH3 is 1. The Morgan fingerprint density at radius 3 is 2.80 bits per heavy atom. The van der Waals surface area contributed by atoms with Gasteiger partial charge < -0.3 is 19.5 Å². The molecule has 1 aromatic rings. The minimum Gasteiger partial charge on any atom is -0.497 e. The van der Waals surface area contributed by atoms with Gasteiger partial charge >= 0.3 is 0 Å². The molecule has 1 atom stereocenters. The van der Waals surface area contributed by atoms with E-state index in [1.807, 2.05) is 25.2 Å². The second kappa shape index (κ2) is 6.46. The summed E-state index contributed by atoms with van der Waals surface area (Å²) in [7, 11) is 3.59. The van der Waals surface area contributed by atoms with E-state index in [0.29, 0.717) is 6.61 Å². The standard InChI is InChI=1S/C16H25NO3/c1-16(2)8-7-14(20-16)11-19-15-9-13(18-4)6-5-12(15)10-17-3/h5-6,9,14,17H,7-8,10-11H2,1-4H3. The largest absolute Gasteiger partial charge is 0.497 e. The fraction of sp³-hybridized carbons (Fsp3) is 0.625. The zero-order valence-corrected chi connectivity index (χ0v) is 12.9. The highest BCUT2D eigenvalue weighted by Gasteiger charge is 2.32. The van der Waals surface area contributed by atoms with Crippen LogP contribution in [-0.4, -0.2) is 32.5 Å². The lowest BCUT2D eigenvalue weighted by atomic mass is 10.1. The predicted octanol–water partition coefficient (Wildman–Crippen LogP) is 2.75. The quantitative estimate of drug-likeness (QED) is 0.869. The molecular formula is C16H25NO3. The van der Waals surface area contributed by atoms with Crippen molar-refractivity contribution in [1.29, 1.82) is 0 Å². The van der Waals surface area contributed by atoms with Crippen LogP contribution in [0.15, 0.2) is 18.2 Å². The Morgan fingerprint density at radius 1 is 1.40 bits per heavy atom. The summed E-state index contributed by atoms with van der Waals surface area (Å²) in [4.78, 5) is 0. The topological polar surface area (TPSA) is 39.7 Å². The first-order chi connectivity index (χ1) is 9.54. The van der Waals surface area contributed by atoms with Gasteiger partial charge in [0.2, 0.25) is 0 Å². The molecule has 1 heterocycles. The lowest BCUT2D eigenvalue weighted by molar-refractivity contribution is -0.0327. The molecule has 20 heavy (non-hydrogen) atoms. The molecular weight excluding hydrogens is 254 g/mol. The Morgan fingerprint density at radius 2 is 2.20 bits per heavy atom. The van der Waals surface area contributed by atoms with Crippen LogP contribution in [0.1, 0.15) is 32.3 Å². The van der Waals surface area contributed by atoms with E-state index in [0.717, 1.165) is 36.4 Å². The third-order valence-electron chi connectivity index (χ3n) is 3.62. The molecule has 0 aliphatic carbocycles. The molecule has 0 saturated carbocycles. The van der Waals surface area contributed by atoms with Gasteiger partial charge in [0.15, 0.2) is 0 Å². The van der Waals surface area contributed by atoms with Crippen molar-refractivity contribution in [2.45, 2.75) is 44.9 Å². The number of nitrogens with one attached hydrogen (secondary N) is 1. The van der Waals surface area contributed by atoms with Gasteiger partial charge in [0.1, 0.15) is 18.1 Å². The van der Waals surface area contributed by atoms with E-state index in [4.69, 9.17) is 14.2 Å². The van der Waals surface area contributed by atoms with Gasteiger partial charge in [0.05, 0.1) is 18.8 Å². The normalized spacial score (nSPS) is 20.9. The summed E-state index contributed by atoms with van der Waals surface area (Å²) in [5.41, 5.74) is 1.11. The van der Waals surface area contributed by atoms with E-state index in [1.165, 1.54) is 0 Å². The van der Waals surface area contributed by atoms with Crippen LogP contribution in [-0.2, 0) is 11.3 Å². The van der Waals surface area contributed by atoms with E-state index in [2.05, 4.69) is 19.2 Å². The van der Waals surface area contributed by atoms with Crippen molar-refractivity contribution in [3.63, 3.8) is 0 Å². The molecule has 1 fully saturated rings. The lowest BCUT2D eigenvalue weighted by Crippen LogP contribution is -2.24. The van der Waals surface area contributed by atoms with Gasteiger partial charge in [0, 0.05) is 18.2 Å². The Bertz CT molecular complexity index is 445. The molecule has 4 heteroatoms. The molecule has 0 amide bonds. The molecule has 0 aromatic heterocycles. The average Bonchev–Trinajstić information content (AvgIpc) is 2.77. The van der Waals surface area contributed by atoms with Crippen molar-refractivity contribution in [2.24, 2.45) is 0 Å². The smallest absolute Gasteiger partial charge is 0.127 e. The first-order valence-electron chi connectivity index (χ1n) is 7.16. The Balaban J connectivity index is 2.00. The van der Waals surface area contributed by atoms with Gasteiger partial charge in [-0.2, -0.15) is 0 Å². The van der Waals surface area contributed by atoms with Crippen molar-refractivity contribution in [3.05, 3.63) is 23.8 Å². The summed E-state index contributed by atoms with van der Waals surface area (Å²) in [6.45, 7) is 5.62. The maximum absolute atomic E-state index is 5.96. The van der Waals surface area contributed by atoms with Gasteiger partial charge in [-0.05, 0) is 39.8 Å². The van der Waals surface area contributed by atoms with Crippen LogP contribution in [0.25, 0.3) is 0 Å². The molecule has 0 spiro atoms. The van der Waals surface area contributed by atoms with Crippen LogP contribution in [0.5, 0.6) is 11.5 Å². The molecule has 112 valence electrons. The zero-order chi connectivity index (χ0) is 14.6. The molecule has 1 saturated heterocycles. The summed E-state index contributed by atoms with van der Waals surface area (Å²) >= 11 is 0. The Kier molecular flexibility index (Phi) is 4.89. The average molecular weight is 279 g/mol. The van der Waals surface area contributed by atoms with Crippen molar-refractivity contribution in [2.75, 3.05) is 20.8 Å². The molecule has 0 radical (unpaired) electrons. The molecule has 1 aliphatic rings. The van der Waals surface area contributed by atoms with Crippen LogP contribution in [0.4, 0.5) is 0 Å². The van der Waals surface area contributed by atoms with Crippen molar-refractivity contribution in [3.8, 4) is 11.5 Å². The SMILES string of the molecule is CNCc1ccc(OC)cc1OCC1CCC(C)(C)O1. The third kappa shape index (κ3) is 3.87. The number of rotatable bonds is 6. The molecule has 0 bridgehead atoms. The maximum Gasteiger partial charge on any atom is 0.127 e. The van der Waals surface area contributed by atoms with E-state index >= 15 is 0 Å². The highest BCUT2D eigenvalue weighted by Crippen LogP contribution is 2.31. The van der Waals surface area contributed by atoms with Gasteiger partial charge in [-0.15, -0.1) is 0 Å². The fourth-order valence-corrected chi connectivity index (χ4v) is 2.51. The van der Waals surface area contributed by atoms with Crippen LogP contribution < -0.4 is 14.8 Å². The fourth-order valence-electron chi connectivity index (χ4n) is 2.51. The summed E-state index contributed by atoms with van der Waals surface area (Å²) in [6, 6.07) is 5.92. The minimum atomic E-state index is -0.0177. The molecule has 1 N–H and O–H groups in total. The lowest BCUT2D eigenvalue weighted by Gasteiger charge is -2.20. The first-order valence-corrected chi connectivity index (χ1v) is 7.16. The summed E-state index contributed by atoms with van der Waals surface area (Å²) in [6.07, 6.45) is 2.32. The molecule has 2 rings (SSSR count). The third-order valence-corrected chi connectivity index (χ3v) is 3.62. The predicted molar refractivity (Wildman–Crippen MR) is 79.4 cm³/mol. The van der Waals surface area contributed by atoms with E-state index in [9.17, 15) is 0 Å². The summed E-state index contributed by atoms with van der Waals surface area (Å²) < 4.78 is 17.2. The number of ether oxygens (including phenoxy) is 3. The van der Waals surface area contributed by atoms with Crippen molar-refractivity contribution in [1.82, 2.24) is 5.32 Å². The first kappa shape index (κ1) is 15.1. The molecule has 1 unspecified atom stereocenters. The van der Waals surface area contributed by atoms with Crippen molar-refractivity contribution >= 4 is 0 Å². The zero-order valence-electron chi connectivity index (χ0n) is 12.9. The van der Waals surface area contributed by atoms with Crippen LogP contribution in [0, 0.1) is 0 Å². The highest BCUT2D eigenvalue weighted by molar-refractivity contribution is 5.40. The van der Waals surface area contributed by atoms with Crippen LogP contribution >= 0.6 is 0 Å². The van der Waals surface area contributed by atoms with E-state index in [-0.39, 0.29) is 11.7 Å². The Labute approximate surface area is 121 Å². The van der Waals surface area contributed by atoms with Crippen LogP contribution in [0.3, 0.4) is 0 Å². The minimum absolute atomic E-state index is 0.0177. The molecule has 1 aromatic carbocycles. The second-order valence-corrected chi connectivity index (χ2v) is 5.85. The second-order valence-electron chi connectivity index (χ2n) is 5.85. The van der Waals surface area contributed by atoms with Gasteiger partial charge in [-0.1, -0.05) is 6.07 Å². The number of hydrogen-bond acceptors (Lipinski definition) is 4. The molecule has 4 nitrogen and oxygen atoms in total. The number of hydrogen-bond donors (Lipinski definition) is 1. The molecule has 1 aliphatic heterocycles. The van der Waals surface area contributed by atoms with Gasteiger partial charge in [0.25, 0.3) is 0 Å². The number of benzene rings is 1. The van der Waals surface area contributed by atoms with E-state index < -0.39 is 0 Å². The van der Waals surface area contributed by atoms with E-state index in [1.54, 1.807) is 7.11 Å². The van der Waals surface area contributed by atoms with Gasteiger partial charge in [-0.3, -0.25) is 0 Å². The van der Waals surface area contributed by atoms with Gasteiger partial charge in [-0.25, -0.2) is 0 Å². The Hall–Kier alpha value is -1.26. The van der Waals surface area contributed by atoms with Crippen LogP contribution in [0.2, 0.25) is 0 Å². The van der Waals surface area contributed by atoms with Crippen molar-refractivity contribution < 1.29 is 14.2 Å². The maximum atomic E-state index is 5.96. The highest BCUT2D eigenvalue weighted by atomic mass is 16.6. The summed E-state index contributed by atoms with van der Waals surface area (Å²) in [5, 5.41) is 3.15. The summed E-state index contributed by atoms with van der Waals surface area (Å²) in [5.74, 6) is 1.68.